The Kier molecular flexibility index (Phi) is 11.9. The summed E-state index contributed by atoms with van der Waals surface area (Å²) in [5.74, 6) is -0.224. The van der Waals surface area contributed by atoms with E-state index in [2.05, 4.69) is 10.2 Å². The average molecular weight is 771 g/mol. The summed E-state index contributed by atoms with van der Waals surface area (Å²) in [6.07, 6.45) is 4.51. The Balaban J connectivity index is 1.20. The Labute approximate surface area is 316 Å². The van der Waals surface area contributed by atoms with Crippen molar-refractivity contribution in [2.45, 2.75) is 43.9 Å². The van der Waals surface area contributed by atoms with E-state index in [0.29, 0.717) is 44.4 Å². The lowest BCUT2D eigenvalue weighted by Gasteiger charge is -2.48. The van der Waals surface area contributed by atoms with Crippen LogP contribution in [0.3, 0.4) is 0 Å². The molecule has 5 heterocycles. The number of hydrogen-bond donors (Lipinski definition) is 2. The average Bonchev–Trinajstić information content (AvgIpc) is 3.65. The van der Waals surface area contributed by atoms with Gasteiger partial charge in [0.25, 0.3) is 0 Å². The van der Waals surface area contributed by atoms with Crippen molar-refractivity contribution < 1.29 is 38.4 Å². The topological polar surface area (TPSA) is 134 Å². The number of hydrogen-bond acceptors (Lipinski definition) is 11. The summed E-state index contributed by atoms with van der Waals surface area (Å²) >= 11 is 14.0. The molecule has 2 aromatic carbocycles. The number of nitrogens with zero attached hydrogens (tertiary/aromatic N) is 2. The minimum Gasteiger partial charge on any atom is -0.619 e. The minimum absolute atomic E-state index is 0.0325. The van der Waals surface area contributed by atoms with E-state index < -0.39 is 30.2 Å². The summed E-state index contributed by atoms with van der Waals surface area (Å²) in [5, 5.41) is 26.2. The first-order valence-corrected chi connectivity index (χ1v) is 18.6. The normalized spacial score (nSPS) is 19.8. The SMILES string of the molecule is COc1ccc(C(Cc2c(Cl)c[n+]([O-])cc2Cl)OC(=O)c2ccc(CNC(CO)(C(=O)OCC34CCN(CC3)CC4)c3ccccc3)s2)cc1OC. The fourth-order valence-corrected chi connectivity index (χ4v) is 8.31. The predicted octanol–water partition coefficient (Wildman–Crippen LogP) is 5.85. The number of ether oxygens (including phenoxy) is 4. The fourth-order valence-electron chi connectivity index (χ4n) is 6.88. The number of halogens is 2. The summed E-state index contributed by atoms with van der Waals surface area (Å²) in [4.78, 5) is 31.1. The number of thiophene rings is 1. The summed E-state index contributed by atoms with van der Waals surface area (Å²) in [6.45, 7) is 2.96. The molecule has 0 radical (unpaired) electrons. The largest absolute Gasteiger partial charge is 0.619 e. The molecule has 0 amide bonds. The van der Waals surface area contributed by atoms with E-state index in [0.717, 1.165) is 43.8 Å². The molecule has 3 saturated heterocycles. The number of methoxy groups -OCH3 is 2. The Bertz CT molecular complexity index is 1850. The molecule has 14 heteroatoms. The summed E-state index contributed by atoms with van der Waals surface area (Å²) in [6, 6.07) is 17.6. The van der Waals surface area contributed by atoms with Crippen molar-refractivity contribution in [3.05, 3.63) is 115 Å². The third-order valence-electron chi connectivity index (χ3n) is 10.1. The third kappa shape index (κ3) is 8.17. The van der Waals surface area contributed by atoms with Gasteiger partial charge in [0.05, 0.1) is 27.4 Å². The molecule has 52 heavy (non-hydrogen) atoms. The molecule has 2 bridgehead atoms. The number of rotatable bonds is 15. The number of nitrogens with one attached hydrogen (secondary N) is 1. The van der Waals surface area contributed by atoms with E-state index in [1.807, 2.05) is 18.2 Å². The quantitative estimate of drug-likeness (QED) is 0.0862. The van der Waals surface area contributed by atoms with E-state index in [-0.39, 0.29) is 28.4 Å². The van der Waals surface area contributed by atoms with Crippen molar-refractivity contribution >= 4 is 46.5 Å². The van der Waals surface area contributed by atoms with Gasteiger partial charge >= 0.3 is 11.9 Å². The van der Waals surface area contributed by atoms with Crippen LogP contribution in [-0.4, -0.2) is 69.0 Å². The highest BCUT2D eigenvalue weighted by Crippen LogP contribution is 2.41. The molecule has 0 aliphatic carbocycles. The number of aliphatic hydroxyl groups is 1. The first-order chi connectivity index (χ1) is 25.1. The van der Waals surface area contributed by atoms with Gasteiger partial charge in [-0.15, -0.1) is 11.3 Å². The van der Waals surface area contributed by atoms with Crippen molar-refractivity contribution in [1.82, 2.24) is 10.2 Å². The number of carbonyl (C=O) groups is 2. The molecule has 3 aliphatic heterocycles. The van der Waals surface area contributed by atoms with E-state index in [9.17, 15) is 19.9 Å². The zero-order valence-electron chi connectivity index (χ0n) is 28.9. The molecule has 7 rings (SSSR count). The van der Waals surface area contributed by atoms with Gasteiger partial charge in [0.2, 0.25) is 0 Å². The summed E-state index contributed by atoms with van der Waals surface area (Å²) < 4.78 is 23.5. The Morgan fingerprint density at radius 3 is 2.31 bits per heavy atom. The van der Waals surface area contributed by atoms with E-state index in [1.54, 1.807) is 42.5 Å². The molecule has 2 unspecified atom stereocenters. The first-order valence-electron chi connectivity index (χ1n) is 17.0. The van der Waals surface area contributed by atoms with Gasteiger partial charge in [-0.1, -0.05) is 59.6 Å². The van der Waals surface area contributed by atoms with E-state index in [1.165, 1.54) is 38.0 Å². The van der Waals surface area contributed by atoms with Crippen LogP contribution in [-0.2, 0) is 32.8 Å². The maximum Gasteiger partial charge on any atom is 0.348 e. The number of piperidine rings is 3. The lowest BCUT2D eigenvalue weighted by Crippen LogP contribution is -2.55. The molecular formula is C38H41Cl2N3O8S. The highest BCUT2D eigenvalue weighted by atomic mass is 35.5. The Hall–Kier alpha value is -3.91. The van der Waals surface area contributed by atoms with Gasteiger partial charge in [-0.3, -0.25) is 5.32 Å². The second-order valence-electron chi connectivity index (χ2n) is 13.2. The van der Waals surface area contributed by atoms with Crippen LogP contribution >= 0.6 is 34.5 Å². The summed E-state index contributed by atoms with van der Waals surface area (Å²) in [5.41, 5.74) is 0.0408. The van der Waals surface area contributed by atoms with Crippen LogP contribution < -0.4 is 19.5 Å². The maximum absolute atomic E-state index is 13.9. The maximum atomic E-state index is 13.9. The van der Waals surface area contributed by atoms with Gasteiger partial charge in [-0.2, -0.15) is 4.73 Å². The molecule has 2 atom stereocenters. The van der Waals surface area contributed by atoms with Gasteiger partial charge in [0.1, 0.15) is 21.0 Å². The number of carbonyl (C=O) groups excluding carboxylic acids is 2. The van der Waals surface area contributed by atoms with Crippen LogP contribution in [0.1, 0.15) is 56.6 Å². The Morgan fingerprint density at radius 2 is 1.67 bits per heavy atom. The molecule has 3 aliphatic rings. The lowest BCUT2D eigenvalue weighted by molar-refractivity contribution is -0.605. The number of pyridine rings is 1. The second kappa shape index (κ2) is 16.4. The van der Waals surface area contributed by atoms with Crippen molar-refractivity contribution in [1.29, 1.82) is 0 Å². The molecule has 276 valence electrons. The van der Waals surface area contributed by atoms with Crippen molar-refractivity contribution in [3.8, 4) is 11.5 Å². The van der Waals surface area contributed by atoms with Crippen molar-refractivity contribution in [2.24, 2.45) is 5.41 Å². The van der Waals surface area contributed by atoms with Gasteiger partial charge in [0, 0.05) is 28.8 Å². The molecule has 0 spiro atoms. The zero-order valence-corrected chi connectivity index (χ0v) is 31.3. The van der Waals surface area contributed by atoms with Crippen molar-refractivity contribution in [2.75, 3.05) is 47.1 Å². The van der Waals surface area contributed by atoms with E-state index in [4.69, 9.17) is 42.1 Å². The lowest BCUT2D eigenvalue weighted by atomic mass is 9.73. The van der Waals surface area contributed by atoms with Gasteiger partial charge < -0.3 is 34.2 Å². The van der Waals surface area contributed by atoms with E-state index >= 15 is 0 Å². The number of fused-ring (bicyclic) bond motifs is 3. The molecule has 3 fully saturated rings. The fraction of sp³-hybridized carbons (Fsp3) is 0.395. The highest BCUT2D eigenvalue weighted by molar-refractivity contribution is 7.13. The van der Waals surface area contributed by atoms with Crippen LogP contribution in [0.4, 0.5) is 0 Å². The molecule has 4 aromatic rings. The second-order valence-corrected chi connectivity index (χ2v) is 15.2. The zero-order chi connectivity index (χ0) is 36.9. The third-order valence-corrected chi connectivity index (χ3v) is 11.9. The number of esters is 2. The van der Waals surface area contributed by atoms with Crippen LogP contribution in [0.25, 0.3) is 0 Å². The van der Waals surface area contributed by atoms with Crippen LogP contribution in [0, 0.1) is 10.6 Å². The van der Waals surface area contributed by atoms with Gasteiger partial charge in [-0.25, -0.2) is 9.59 Å². The minimum atomic E-state index is -1.52. The number of aromatic nitrogens is 1. The molecular weight excluding hydrogens is 729 g/mol. The monoisotopic (exact) mass is 769 g/mol. The number of benzene rings is 2. The number of aliphatic hydroxyl groups excluding tert-OH is 1. The standard InChI is InChI=1S/C38H41Cl2N3O8S/c1-48-31-10-8-25(18-33(31)49-2)32(19-28-29(39)21-43(47)22-30(28)40)51-35(45)34-11-9-27(52-34)20-41-38(23-44,26-6-4-3-5-7-26)36(46)50-24-37-12-15-42(16-13-37)17-14-37/h3-11,18,21-22,32,41,44H,12-17,19-20,23-24H2,1-2H3. The molecule has 2 aromatic heterocycles. The van der Waals surface area contributed by atoms with Crippen molar-refractivity contribution in [3.63, 3.8) is 0 Å². The molecule has 2 N–H and O–H groups in total. The highest BCUT2D eigenvalue weighted by Gasteiger charge is 2.45. The van der Waals surface area contributed by atoms with Crippen LogP contribution in [0.15, 0.2) is 73.1 Å². The smallest absolute Gasteiger partial charge is 0.348 e. The van der Waals surface area contributed by atoms with Crippen LogP contribution in [0.2, 0.25) is 10.0 Å². The molecule has 11 nitrogen and oxygen atoms in total. The Morgan fingerprint density at radius 1 is 1.00 bits per heavy atom. The molecule has 0 saturated carbocycles. The van der Waals surface area contributed by atoms with Gasteiger partial charge in [-0.05, 0) is 74.3 Å². The predicted molar refractivity (Wildman–Crippen MR) is 197 cm³/mol. The first kappa shape index (κ1) is 37.8. The van der Waals surface area contributed by atoms with Gasteiger partial charge in [0.15, 0.2) is 29.4 Å². The summed E-state index contributed by atoms with van der Waals surface area (Å²) in [7, 11) is 3.02. The van der Waals surface area contributed by atoms with Crippen LogP contribution in [0.5, 0.6) is 11.5 Å².